The van der Waals surface area contributed by atoms with Gasteiger partial charge in [-0.2, -0.15) is 0 Å². The minimum atomic E-state index is -1.02. The standard InChI is InChI=1S/C18H15N5O3S/c24-16-14(17(25)20-18(26)19-16)15(11-6-2-1-3-7-11)27-10-23-13-9-5-4-8-12(13)21-22-23/h1-9,14-15H,10H2,(H2,19,20,24,25,26). The zero-order valence-electron chi connectivity index (χ0n) is 14.0. The van der Waals surface area contributed by atoms with Crippen LogP contribution in [0.25, 0.3) is 11.0 Å². The second-order valence-electron chi connectivity index (χ2n) is 5.99. The number of nitrogens with one attached hydrogen (secondary N) is 2. The molecule has 1 aromatic heterocycles. The second-order valence-corrected chi connectivity index (χ2v) is 7.09. The zero-order valence-corrected chi connectivity index (χ0v) is 14.8. The highest BCUT2D eigenvalue weighted by molar-refractivity contribution is 7.98. The fourth-order valence-corrected chi connectivity index (χ4v) is 4.28. The van der Waals surface area contributed by atoms with Crippen molar-refractivity contribution >= 4 is 40.6 Å². The van der Waals surface area contributed by atoms with E-state index in [-0.39, 0.29) is 0 Å². The Labute approximate surface area is 158 Å². The van der Waals surface area contributed by atoms with Gasteiger partial charge >= 0.3 is 6.03 Å². The smallest absolute Gasteiger partial charge is 0.277 e. The fraction of sp³-hybridized carbons (Fsp3) is 0.167. The van der Waals surface area contributed by atoms with Gasteiger partial charge in [-0.15, -0.1) is 16.9 Å². The number of imide groups is 2. The van der Waals surface area contributed by atoms with Crippen molar-refractivity contribution in [2.24, 2.45) is 5.92 Å². The van der Waals surface area contributed by atoms with Crippen LogP contribution in [0.4, 0.5) is 4.79 Å². The van der Waals surface area contributed by atoms with Gasteiger partial charge in [-0.1, -0.05) is 47.7 Å². The molecule has 9 heteroatoms. The average molecular weight is 381 g/mol. The molecule has 136 valence electrons. The molecule has 2 heterocycles. The van der Waals surface area contributed by atoms with E-state index in [4.69, 9.17) is 0 Å². The predicted molar refractivity (Wildman–Crippen MR) is 99.5 cm³/mol. The number of urea groups is 1. The molecule has 1 aliphatic rings. The maximum Gasteiger partial charge on any atom is 0.328 e. The van der Waals surface area contributed by atoms with Crippen molar-refractivity contribution in [3.05, 3.63) is 60.2 Å². The van der Waals surface area contributed by atoms with Crippen molar-refractivity contribution in [3.8, 4) is 0 Å². The summed E-state index contributed by atoms with van der Waals surface area (Å²) >= 11 is 1.39. The number of fused-ring (bicyclic) bond motifs is 1. The molecule has 1 atom stereocenters. The van der Waals surface area contributed by atoms with Crippen molar-refractivity contribution in [1.82, 2.24) is 25.6 Å². The van der Waals surface area contributed by atoms with E-state index in [2.05, 4.69) is 20.9 Å². The van der Waals surface area contributed by atoms with Crippen LogP contribution < -0.4 is 10.6 Å². The van der Waals surface area contributed by atoms with E-state index in [9.17, 15) is 14.4 Å². The summed E-state index contributed by atoms with van der Waals surface area (Å²) in [6.45, 7) is 0. The molecule has 3 aromatic rings. The lowest BCUT2D eigenvalue weighted by Gasteiger charge is -2.28. The molecule has 0 aliphatic carbocycles. The number of hydrogen-bond donors (Lipinski definition) is 2. The van der Waals surface area contributed by atoms with Crippen LogP contribution >= 0.6 is 11.8 Å². The lowest BCUT2D eigenvalue weighted by Crippen LogP contribution is -2.56. The molecule has 4 rings (SSSR count). The number of barbiturate groups is 1. The lowest BCUT2D eigenvalue weighted by molar-refractivity contribution is -0.135. The molecule has 8 nitrogen and oxygen atoms in total. The van der Waals surface area contributed by atoms with Crippen molar-refractivity contribution in [2.45, 2.75) is 11.1 Å². The van der Waals surface area contributed by atoms with E-state index in [1.807, 2.05) is 54.6 Å². The Balaban J connectivity index is 1.63. The minimum absolute atomic E-state index is 0.394. The fourth-order valence-electron chi connectivity index (χ4n) is 3.00. The summed E-state index contributed by atoms with van der Waals surface area (Å²) in [7, 11) is 0. The Morgan fingerprint density at radius 1 is 0.963 bits per heavy atom. The number of benzene rings is 2. The van der Waals surface area contributed by atoms with Crippen molar-refractivity contribution in [2.75, 3.05) is 0 Å². The van der Waals surface area contributed by atoms with Crippen LogP contribution in [-0.2, 0) is 15.5 Å². The summed E-state index contributed by atoms with van der Waals surface area (Å²) in [6.07, 6.45) is 0. The lowest BCUT2D eigenvalue weighted by atomic mass is 9.96. The second kappa shape index (κ2) is 7.20. The molecule has 1 aliphatic heterocycles. The van der Waals surface area contributed by atoms with Gasteiger partial charge in [0.05, 0.1) is 16.6 Å². The van der Waals surface area contributed by atoms with Crippen LogP contribution in [0, 0.1) is 5.92 Å². The summed E-state index contributed by atoms with van der Waals surface area (Å²) in [5.74, 6) is -1.84. The zero-order chi connectivity index (χ0) is 18.8. The van der Waals surface area contributed by atoms with Crippen molar-refractivity contribution in [3.63, 3.8) is 0 Å². The molecule has 0 radical (unpaired) electrons. The largest absolute Gasteiger partial charge is 0.328 e. The topological polar surface area (TPSA) is 106 Å². The predicted octanol–water partition coefficient (Wildman–Crippen LogP) is 1.85. The summed E-state index contributed by atoms with van der Waals surface area (Å²) in [5.41, 5.74) is 2.45. The number of amides is 4. The van der Waals surface area contributed by atoms with Gasteiger partial charge in [-0.3, -0.25) is 20.2 Å². The van der Waals surface area contributed by atoms with Gasteiger partial charge in [-0.25, -0.2) is 9.48 Å². The minimum Gasteiger partial charge on any atom is -0.277 e. The highest BCUT2D eigenvalue weighted by Crippen LogP contribution is 2.38. The normalized spacial score (nSPS) is 16.2. The van der Waals surface area contributed by atoms with Gasteiger partial charge < -0.3 is 0 Å². The highest BCUT2D eigenvalue weighted by atomic mass is 32.2. The maximum atomic E-state index is 12.4. The number of thioether (sulfide) groups is 1. The van der Waals surface area contributed by atoms with E-state index in [0.717, 1.165) is 16.6 Å². The van der Waals surface area contributed by atoms with Gasteiger partial charge in [0.1, 0.15) is 11.4 Å². The number of para-hydroxylation sites is 1. The number of carbonyl (C=O) groups is 3. The third-order valence-corrected chi connectivity index (χ3v) is 5.56. The quantitative estimate of drug-likeness (QED) is 0.654. The van der Waals surface area contributed by atoms with E-state index < -0.39 is 29.0 Å². The van der Waals surface area contributed by atoms with Crippen molar-refractivity contribution < 1.29 is 14.4 Å². The van der Waals surface area contributed by atoms with Gasteiger partial charge in [-0.05, 0) is 17.7 Å². The first-order valence-corrected chi connectivity index (χ1v) is 9.29. The molecule has 1 saturated heterocycles. The van der Waals surface area contributed by atoms with Gasteiger partial charge in [0, 0.05) is 0 Å². The number of rotatable bonds is 5. The van der Waals surface area contributed by atoms with E-state index in [1.165, 1.54) is 11.8 Å². The van der Waals surface area contributed by atoms with Crippen LogP contribution in [0.1, 0.15) is 10.8 Å². The first-order chi connectivity index (χ1) is 13.1. The van der Waals surface area contributed by atoms with E-state index in [0.29, 0.717) is 5.88 Å². The molecular formula is C18H15N5O3S. The Hall–Kier alpha value is -3.20. The Morgan fingerprint density at radius 2 is 1.63 bits per heavy atom. The Morgan fingerprint density at radius 3 is 2.37 bits per heavy atom. The summed E-state index contributed by atoms with van der Waals surface area (Å²) in [4.78, 5) is 36.1. The molecular weight excluding hydrogens is 366 g/mol. The van der Waals surface area contributed by atoms with Crippen molar-refractivity contribution in [1.29, 1.82) is 0 Å². The monoisotopic (exact) mass is 381 g/mol. The number of carbonyl (C=O) groups excluding carboxylic acids is 3. The van der Waals surface area contributed by atoms with Crippen LogP contribution in [0.5, 0.6) is 0 Å². The van der Waals surface area contributed by atoms with Crippen LogP contribution in [0.3, 0.4) is 0 Å². The van der Waals surface area contributed by atoms with Gasteiger partial charge in [0.15, 0.2) is 0 Å². The third-order valence-electron chi connectivity index (χ3n) is 4.27. The summed E-state index contributed by atoms with van der Waals surface area (Å²) < 4.78 is 1.72. The Kier molecular flexibility index (Phi) is 4.59. The molecule has 4 amide bonds. The number of nitrogens with zero attached hydrogens (tertiary/aromatic N) is 3. The van der Waals surface area contributed by atoms with Gasteiger partial charge in [0.25, 0.3) is 0 Å². The maximum absolute atomic E-state index is 12.4. The molecule has 27 heavy (non-hydrogen) atoms. The molecule has 1 unspecified atom stereocenters. The Bertz CT molecular complexity index is 1000. The average Bonchev–Trinajstić information content (AvgIpc) is 3.07. The molecule has 1 fully saturated rings. The highest BCUT2D eigenvalue weighted by Gasteiger charge is 2.41. The molecule has 2 N–H and O–H groups in total. The van der Waals surface area contributed by atoms with E-state index >= 15 is 0 Å². The van der Waals surface area contributed by atoms with Gasteiger partial charge in [0.2, 0.25) is 11.8 Å². The number of aromatic nitrogens is 3. The third kappa shape index (κ3) is 3.41. The molecule has 2 aromatic carbocycles. The van der Waals surface area contributed by atoms with Crippen LogP contribution in [-0.4, -0.2) is 32.8 Å². The van der Waals surface area contributed by atoms with Crippen LogP contribution in [0.2, 0.25) is 0 Å². The summed E-state index contributed by atoms with van der Waals surface area (Å²) in [5, 5.41) is 12.1. The molecule has 0 bridgehead atoms. The molecule has 0 saturated carbocycles. The number of hydrogen-bond acceptors (Lipinski definition) is 6. The molecule has 0 spiro atoms. The van der Waals surface area contributed by atoms with E-state index in [1.54, 1.807) is 4.68 Å². The van der Waals surface area contributed by atoms with Crippen LogP contribution in [0.15, 0.2) is 54.6 Å². The SMILES string of the molecule is O=C1NC(=O)C(C(SCn2nnc3ccccc32)c2ccccc2)C(=O)N1. The first kappa shape index (κ1) is 17.2. The first-order valence-electron chi connectivity index (χ1n) is 8.24. The summed E-state index contributed by atoms with van der Waals surface area (Å²) in [6, 6.07) is 16.0.